The molecule has 3 aromatic rings. The highest BCUT2D eigenvalue weighted by Crippen LogP contribution is 2.37. The normalized spacial score (nSPS) is 14.9. The Bertz CT molecular complexity index is 1000. The molecule has 0 unspecified atom stereocenters. The number of para-hydroxylation sites is 1. The molecule has 4 rings (SSSR count). The molecule has 5 heteroatoms. The van der Waals surface area contributed by atoms with E-state index in [2.05, 4.69) is 22.4 Å². The van der Waals surface area contributed by atoms with Crippen molar-refractivity contribution in [1.82, 2.24) is 10.3 Å². The molecule has 0 bridgehead atoms. The lowest BCUT2D eigenvalue weighted by atomic mass is 10.0. The number of hydrogen-bond acceptors (Lipinski definition) is 4. The lowest BCUT2D eigenvalue weighted by Gasteiger charge is -2.13. The van der Waals surface area contributed by atoms with Crippen LogP contribution in [-0.2, 0) is 17.6 Å². The lowest BCUT2D eigenvalue weighted by Crippen LogP contribution is -2.35. The Morgan fingerprint density at radius 2 is 2.00 bits per heavy atom. The minimum absolute atomic E-state index is 0.0156. The summed E-state index contributed by atoms with van der Waals surface area (Å²) >= 11 is 1.70. The molecule has 1 aliphatic rings. The molecular weight excluding hydrogens is 380 g/mol. The third kappa shape index (κ3) is 4.62. The second-order valence-corrected chi connectivity index (χ2v) is 8.17. The maximum Gasteiger partial charge on any atom is 0.224 e. The predicted molar refractivity (Wildman–Crippen MR) is 117 cm³/mol. The molecule has 1 aliphatic heterocycles. The fraction of sp³-hybridized carbons (Fsp3) is 0.250. The second-order valence-electron chi connectivity index (χ2n) is 7.29. The van der Waals surface area contributed by atoms with E-state index < -0.39 is 0 Å². The molecule has 0 spiro atoms. The van der Waals surface area contributed by atoms with Gasteiger partial charge in [0.25, 0.3) is 0 Å². The second kappa shape index (κ2) is 8.70. The maximum atomic E-state index is 12.3. The van der Waals surface area contributed by atoms with Gasteiger partial charge in [-0.3, -0.25) is 9.78 Å². The molecule has 0 fully saturated rings. The predicted octanol–water partition coefficient (Wildman–Crippen LogP) is 4.44. The van der Waals surface area contributed by atoms with Crippen LogP contribution in [0.1, 0.15) is 16.7 Å². The fourth-order valence-corrected chi connectivity index (χ4v) is 3.91. The molecule has 2 heterocycles. The number of carbonyl (C=O) groups excluding carboxylic acids is 1. The summed E-state index contributed by atoms with van der Waals surface area (Å²) in [5, 5.41) is 3.02. The SMILES string of the molecule is CSc1ccc(CC(=O)NC[C@H]2Cc3cccc(-c4ccc(C)cn4)c3O2)cc1. The van der Waals surface area contributed by atoms with Gasteiger partial charge in [-0.05, 0) is 54.1 Å². The number of rotatable bonds is 6. The van der Waals surface area contributed by atoms with Gasteiger partial charge in [0.15, 0.2) is 0 Å². The quantitative estimate of drug-likeness (QED) is 0.617. The zero-order chi connectivity index (χ0) is 20.2. The van der Waals surface area contributed by atoms with Crippen molar-refractivity contribution in [1.29, 1.82) is 0 Å². The van der Waals surface area contributed by atoms with Gasteiger partial charge in [-0.2, -0.15) is 0 Å². The summed E-state index contributed by atoms with van der Waals surface area (Å²) in [6, 6.07) is 18.3. The Morgan fingerprint density at radius 3 is 2.72 bits per heavy atom. The summed E-state index contributed by atoms with van der Waals surface area (Å²) in [6.07, 6.45) is 5.03. The number of ether oxygens (including phenoxy) is 1. The first-order valence-electron chi connectivity index (χ1n) is 9.73. The maximum absolute atomic E-state index is 12.3. The number of thioether (sulfide) groups is 1. The monoisotopic (exact) mass is 404 g/mol. The number of carbonyl (C=O) groups is 1. The average molecular weight is 405 g/mol. The largest absolute Gasteiger partial charge is 0.487 e. The molecule has 2 aromatic carbocycles. The highest BCUT2D eigenvalue weighted by Gasteiger charge is 2.26. The average Bonchev–Trinajstić information content (AvgIpc) is 3.17. The molecule has 148 valence electrons. The van der Waals surface area contributed by atoms with Crippen LogP contribution in [0.2, 0.25) is 0 Å². The highest BCUT2D eigenvalue weighted by atomic mass is 32.2. The van der Waals surface area contributed by atoms with Gasteiger partial charge in [0.1, 0.15) is 11.9 Å². The molecule has 4 nitrogen and oxygen atoms in total. The molecular formula is C24H24N2O2S. The molecule has 0 aliphatic carbocycles. The van der Waals surface area contributed by atoms with Gasteiger partial charge in [0.2, 0.25) is 5.91 Å². The number of benzene rings is 2. The van der Waals surface area contributed by atoms with Crippen LogP contribution in [0.4, 0.5) is 0 Å². The number of pyridine rings is 1. The summed E-state index contributed by atoms with van der Waals surface area (Å²) in [7, 11) is 0. The van der Waals surface area contributed by atoms with Crippen molar-refractivity contribution < 1.29 is 9.53 Å². The number of amides is 1. The Morgan fingerprint density at radius 1 is 1.17 bits per heavy atom. The topological polar surface area (TPSA) is 51.2 Å². The van der Waals surface area contributed by atoms with Crippen molar-refractivity contribution in [2.24, 2.45) is 0 Å². The summed E-state index contributed by atoms with van der Waals surface area (Å²) in [4.78, 5) is 18.1. The van der Waals surface area contributed by atoms with Crippen LogP contribution in [0.25, 0.3) is 11.3 Å². The summed E-state index contributed by atoms with van der Waals surface area (Å²) in [5.41, 5.74) is 5.22. The number of hydrogen-bond donors (Lipinski definition) is 1. The molecule has 1 amide bonds. The van der Waals surface area contributed by atoms with E-state index in [0.717, 1.165) is 40.1 Å². The minimum Gasteiger partial charge on any atom is -0.487 e. The van der Waals surface area contributed by atoms with Crippen LogP contribution >= 0.6 is 11.8 Å². The van der Waals surface area contributed by atoms with E-state index in [-0.39, 0.29) is 12.0 Å². The number of aryl methyl sites for hydroxylation is 1. The van der Waals surface area contributed by atoms with Gasteiger partial charge in [-0.1, -0.05) is 30.3 Å². The lowest BCUT2D eigenvalue weighted by molar-refractivity contribution is -0.120. The van der Waals surface area contributed by atoms with Gasteiger partial charge < -0.3 is 10.1 Å². The van der Waals surface area contributed by atoms with Crippen LogP contribution in [0.5, 0.6) is 5.75 Å². The van der Waals surface area contributed by atoms with Crippen molar-refractivity contribution in [2.75, 3.05) is 12.8 Å². The minimum atomic E-state index is -0.0561. The van der Waals surface area contributed by atoms with Crippen LogP contribution < -0.4 is 10.1 Å². The van der Waals surface area contributed by atoms with Crippen LogP contribution in [-0.4, -0.2) is 29.8 Å². The Kier molecular flexibility index (Phi) is 5.86. The molecule has 0 saturated carbocycles. The van der Waals surface area contributed by atoms with Crippen molar-refractivity contribution in [3.8, 4) is 17.0 Å². The fourth-order valence-electron chi connectivity index (χ4n) is 3.50. The van der Waals surface area contributed by atoms with Gasteiger partial charge >= 0.3 is 0 Å². The van der Waals surface area contributed by atoms with Crippen molar-refractivity contribution >= 4 is 17.7 Å². The summed E-state index contributed by atoms with van der Waals surface area (Å²) in [6.45, 7) is 2.52. The van der Waals surface area contributed by atoms with Gasteiger partial charge in [0, 0.05) is 23.1 Å². The first-order chi connectivity index (χ1) is 14.1. The zero-order valence-corrected chi connectivity index (χ0v) is 17.5. The van der Waals surface area contributed by atoms with Crippen LogP contribution in [0.15, 0.2) is 65.7 Å². The standard InChI is InChI=1S/C24H24N2O2S/c1-16-6-11-22(25-14-16)21-5-3-4-18-13-19(28-24(18)21)15-26-23(27)12-17-7-9-20(29-2)10-8-17/h3-11,14,19H,12-13,15H2,1-2H3,(H,26,27)/t19-/m1/s1. The molecule has 1 N–H and O–H groups in total. The summed E-state index contributed by atoms with van der Waals surface area (Å²) < 4.78 is 6.20. The molecule has 0 radical (unpaired) electrons. The third-order valence-electron chi connectivity index (χ3n) is 5.07. The van der Waals surface area contributed by atoms with E-state index in [1.165, 1.54) is 4.90 Å². The Labute approximate surface area is 175 Å². The van der Waals surface area contributed by atoms with Crippen LogP contribution in [0, 0.1) is 6.92 Å². The van der Waals surface area contributed by atoms with Gasteiger partial charge in [0.05, 0.1) is 18.7 Å². The smallest absolute Gasteiger partial charge is 0.224 e. The number of fused-ring (bicyclic) bond motifs is 1. The van der Waals surface area contributed by atoms with Crippen molar-refractivity contribution in [3.05, 3.63) is 77.5 Å². The van der Waals surface area contributed by atoms with Crippen LogP contribution in [0.3, 0.4) is 0 Å². The number of nitrogens with zero attached hydrogens (tertiary/aromatic N) is 1. The molecule has 29 heavy (non-hydrogen) atoms. The molecule has 0 saturated heterocycles. The Balaban J connectivity index is 1.36. The van der Waals surface area contributed by atoms with E-state index in [1.807, 2.05) is 61.8 Å². The first-order valence-corrected chi connectivity index (χ1v) is 11.0. The van der Waals surface area contributed by atoms with Gasteiger partial charge in [-0.15, -0.1) is 11.8 Å². The van der Waals surface area contributed by atoms with Crippen molar-refractivity contribution in [2.45, 2.75) is 30.8 Å². The van der Waals surface area contributed by atoms with E-state index in [0.29, 0.717) is 13.0 Å². The summed E-state index contributed by atoms with van der Waals surface area (Å²) in [5.74, 6) is 0.901. The number of nitrogens with one attached hydrogen (secondary N) is 1. The third-order valence-corrected chi connectivity index (χ3v) is 5.81. The van der Waals surface area contributed by atoms with E-state index in [9.17, 15) is 4.79 Å². The highest BCUT2D eigenvalue weighted by molar-refractivity contribution is 7.98. The van der Waals surface area contributed by atoms with E-state index in [1.54, 1.807) is 11.8 Å². The van der Waals surface area contributed by atoms with Gasteiger partial charge in [-0.25, -0.2) is 0 Å². The molecule has 1 atom stereocenters. The van der Waals surface area contributed by atoms with Crippen molar-refractivity contribution in [3.63, 3.8) is 0 Å². The molecule has 1 aromatic heterocycles. The van der Waals surface area contributed by atoms with E-state index in [4.69, 9.17) is 4.74 Å². The van der Waals surface area contributed by atoms with E-state index >= 15 is 0 Å². The number of aromatic nitrogens is 1. The first kappa shape index (κ1) is 19.5. The zero-order valence-electron chi connectivity index (χ0n) is 16.6. The Hall–Kier alpha value is -2.79.